The number of aromatic nitrogens is 4. The topological polar surface area (TPSA) is 94.2 Å². The number of nitrogens with one attached hydrogen (secondary N) is 1. The molecular weight excluding hydrogens is 628 g/mol. The predicted molar refractivity (Wildman–Crippen MR) is 192 cm³/mol. The lowest BCUT2D eigenvalue weighted by molar-refractivity contribution is -0.135. The molecule has 0 aliphatic rings. The molecule has 1 N–H and O–H groups in total. The number of amides is 1. The molecule has 47 heavy (non-hydrogen) atoms. The molecule has 6 rings (SSSR count). The molecule has 6 aromatic rings. The smallest absolute Gasteiger partial charge is 0.257 e. The number of nitrogens with zero attached hydrogens (tertiary/aromatic N) is 5. The number of benzene rings is 4. The minimum absolute atomic E-state index is 0.270. The lowest BCUT2D eigenvalue weighted by Gasteiger charge is -2.24. The standard InChI is InChI=1S/C28H29ClN4O2.C9H10N2S/c1-17-10-12-20(18(2)14-17)15-19-11-13-21(29)23(16-19)30-27(35)25(26(34)28(3,4)5)33-24-9-7-6-8-22(24)31-32-33;1-10-9-11(2)7-5-3-4-6-8(7)12-9/h6-14,16,25H,15H2,1-5H3,(H,30,35);3-6H,1-2H3. The van der Waals surface area contributed by atoms with E-state index in [1.54, 1.807) is 50.3 Å². The summed E-state index contributed by atoms with van der Waals surface area (Å²) in [5, 5.41) is 11.6. The third-order valence-electron chi connectivity index (χ3n) is 7.95. The van der Waals surface area contributed by atoms with Crippen molar-refractivity contribution in [3.05, 3.63) is 117 Å². The molecular formula is C37H39ClN6O2S. The van der Waals surface area contributed by atoms with Gasteiger partial charge in [0, 0.05) is 19.5 Å². The molecule has 242 valence electrons. The van der Waals surface area contributed by atoms with Crippen molar-refractivity contribution in [1.82, 2.24) is 19.6 Å². The van der Waals surface area contributed by atoms with Crippen molar-refractivity contribution >= 4 is 61.6 Å². The lowest BCUT2D eigenvalue weighted by atomic mass is 9.86. The predicted octanol–water partition coefficient (Wildman–Crippen LogP) is 7.86. The first-order chi connectivity index (χ1) is 22.4. The Kier molecular flexibility index (Phi) is 10.1. The van der Waals surface area contributed by atoms with Crippen LogP contribution >= 0.6 is 22.9 Å². The molecule has 1 unspecified atom stereocenters. The van der Waals surface area contributed by atoms with Crippen LogP contribution in [0.3, 0.4) is 0 Å². The zero-order valence-corrected chi connectivity index (χ0v) is 29.3. The van der Waals surface area contributed by atoms with E-state index in [0.717, 1.165) is 10.4 Å². The molecule has 0 fully saturated rings. The van der Waals surface area contributed by atoms with Crippen LogP contribution in [0.4, 0.5) is 5.69 Å². The molecule has 0 bridgehead atoms. The summed E-state index contributed by atoms with van der Waals surface area (Å²) in [5.74, 6) is -0.778. The largest absolute Gasteiger partial charge is 0.322 e. The average Bonchev–Trinajstić information content (AvgIpc) is 3.61. The highest BCUT2D eigenvalue weighted by molar-refractivity contribution is 7.16. The van der Waals surface area contributed by atoms with Gasteiger partial charge in [0.2, 0.25) is 0 Å². The average molecular weight is 667 g/mol. The van der Waals surface area contributed by atoms with Gasteiger partial charge in [-0.05, 0) is 73.4 Å². The number of thiazole rings is 1. The number of rotatable bonds is 6. The summed E-state index contributed by atoms with van der Waals surface area (Å²) in [5.41, 5.74) is 6.78. The van der Waals surface area contributed by atoms with Gasteiger partial charge in [0.25, 0.3) is 5.91 Å². The zero-order chi connectivity index (χ0) is 33.9. The van der Waals surface area contributed by atoms with Gasteiger partial charge in [0.15, 0.2) is 16.6 Å². The summed E-state index contributed by atoms with van der Waals surface area (Å²) in [6, 6.07) is 26.3. The van der Waals surface area contributed by atoms with E-state index >= 15 is 0 Å². The molecule has 4 aromatic carbocycles. The maximum absolute atomic E-state index is 13.6. The minimum atomic E-state index is -1.19. The van der Waals surface area contributed by atoms with Gasteiger partial charge in [-0.3, -0.25) is 14.6 Å². The molecule has 8 nitrogen and oxygen atoms in total. The summed E-state index contributed by atoms with van der Waals surface area (Å²) < 4.78 is 4.80. The van der Waals surface area contributed by atoms with Crippen LogP contribution in [0.5, 0.6) is 0 Å². The number of fused-ring (bicyclic) bond motifs is 2. The maximum Gasteiger partial charge on any atom is 0.257 e. The fourth-order valence-corrected chi connectivity index (χ4v) is 6.50. The van der Waals surface area contributed by atoms with Gasteiger partial charge in [-0.1, -0.05) is 103 Å². The van der Waals surface area contributed by atoms with E-state index < -0.39 is 17.4 Å². The van der Waals surface area contributed by atoms with E-state index in [1.807, 2.05) is 38.4 Å². The van der Waals surface area contributed by atoms with E-state index in [4.69, 9.17) is 11.6 Å². The van der Waals surface area contributed by atoms with Crippen molar-refractivity contribution in [3.8, 4) is 0 Å². The maximum atomic E-state index is 13.6. The molecule has 0 aliphatic carbocycles. The third-order valence-corrected chi connectivity index (χ3v) is 9.48. The summed E-state index contributed by atoms with van der Waals surface area (Å²) in [4.78, 5) is 32.2. The Morgan fingerprint density at radius 3 is 2.34 bits per heavy atom. The van der Waals surface area contributed by atoms with Crippen LogP contribution in [0.25, 0.3) is 21.3 Å². The van der Waals surface area contributed by atoms with Crippen molar-refractivity contribution < 1.29 is 9.59 Å². The molecule has 10 heteroatoms. The molecule has 0 aliphatic heterocycles. The Labute approximate surface area is 283 Å². The van der Waals surface area contributed by atoms with E-state index in [-0.39, 0.29) is 5.78 Å². The summed E-state index contributed by atoms with van der Waals surface area (Å²) in [6.45, 7) is 9.51. The van der Waals surface area contributed by atoms with Crippen molar-refractivity contribution in [2.24, 2.45) is 17.5 Å². The number of hydrogen-bond donors (Lipinski definition) is 1. The van der Waals surface area contributed by atoms with E-state index in [9.17, 15) is 9.59 Å². The van der Waals surface area contributed by atoms with Gasteiger partial charge in [-0.25, -0.2) is 4.68 Å². The van der Waals surface area contributed by atoms with Gasteiger partial charge in [0.05, 0.1) is 26.4 Å². The van der Waals surface area contributed by atoms with Crippen molar-refractivity contribution in [2.75, 3.05) is 12.4 Å². The Morgan fingerprint density at radius 1 is 0.957 bits per heavy atom. The first-order valence-corrected chi connectivity index (χ1v) is 16.5. The number of halogens is 1. The van der Waals surface area contributed by atoms with Gasteiger partial charge in [-0.15, -0.1) is 5.10 Å². The summed E-state index contributed by atoms with van der Waals surface area (Å²) >= 11 is 8.18. The van der Waals surface area contributed by atoms with Gasteiger partial charge in [0.1, 0.15) is 5.52 Å². The van der Waals surface area contributed by atoms with Crippen molar-refractivity contribution in [1.29, 1.82) is 0 Å². The molecule has 1 atom stereocenters. The minimum Gasteiger partial charge on any atom is -0.322 e. The van der Waals surface area contributed by atoms with Crippen molar-refractivity contribution in [2.45, 2.75) is 47.1 Å². The quantitative estimate of drug-likeness (QED) is 0.183. The fraction of sp³-hybridized carbons (Fsp3) is 0.270. The van der Waals surface area contributed by atoms with E-state index in [0.29, 0.717) is 28.2 Å². The summed E-state index contributed by atoms with van der Waals surface area (Å²) in [7, 11) is 3.87. The molecule has 1 amide bonds. The highest BCUT2D eigenvalue weighted by Crippen LogP contribution is 2.30. The molecule has 0 spiro atoms. The second-order valence-electron chi connectivity index (χ2n) is 12.6. The first kappa shape index (κ1) is 33.8. The van der Waals surface area contributed by atoms with Crippen LogP contribution in [0, 0.1) is 19.3 Å². The Morgan fingerprint density at radius 2 is 1.66 bits per heavy atom. The number of anilines is 1. The van der Waals surface area contributed by atoms with Crippen LogP contribution in [-0.4, -0.2) is 38.3 Å². The van der Waals surface area contributed by atoms with Gasteiger partial charge < -0.3 is 9.88 Å². The van der Waals surface area contributed by atoms with E-state index in [1.165, 1.54) is 31.6 Å². The number of aryl methyl sites for hydroxylation is 3. The number of para-hydroxylation sites is 2. The zero-order valence-electron chi connectivity index (χ0n) is 27.7. The van der Waals surface area contributed by atoms with E-state index in [2.05, 4.69) is 81.5 Å². The molecule has 0 saturated heterocycles. The third kappa shape index (κ3) is 7.53. The molecule has 0 saturated carbocycles. The Hall–Kier alpha value is -4.60. The number of carbonyl (C=O) groups is 2. The highest BCUT2D eigenvalue weighted by Gasteiger charge is 2.38. The number of ketones is 1. The SMILES string of the molecule is CN=c1sc2ccccc2n1C.Cc1ccc(Cc2ccc(Cl)c(NC(=O)C(C(=O)C(C)(C)C)n3nnc4ccccc43)c2)c(C)c1. The number of Topliss-reactive ketones (excluding diaryl/α,β-unsaturated/α-hetero) is 1. The van der Waals surface area contributed by atoms with Crippen LogP contribution in [0.2, 0.25) is 5.02 Å². The first-order valence-electron chi connectivity index (χ1n) is 15.3. The summed E-state index contributed by atoms with van der Waals surface area (Å²) in [6.07, 6.45) is 0.699. The monoisotopic (exact) mass is 666 g/mol. The number of carbonyl (C=O) groups excluding carboxylic acids is 2. The molecule has 0 radical (unpaired) electrons. The molecule has 2 aromatic heterocycles. The normalized spacial score (nSPS) is 12.6. The van der Waals surface area contributed by atoms with Crippen molar-refractivity contribution in [3.63, 3.8) is 0 Å². The van der Waals surface area contributed by atoms with Crippen LogP contribution in [0.1, 0.15) is 49.1 Å². The lowest BCUT2D eigenvalue weighted by Crippen LogP contribution is -2.39. The Balaban J connectivity index is 0.000000301. The fourth-order valence-electron chi connectivity index (χ4n) is 5.36. The highest BCUT2D eigenvalue weighted by atomic mass is 35.5. The second-order valence-corrected chi connectivity index (χ2v) is 14.0. The van der Waals surface area contributed by atoms with Crippen LogP contribution in [-0.2, 0) is 23.1 Å². The second kappa shape index (κ2) is 14.0. The van der Waals surface area contributed by atoms with Crippen LogP contribution in [0.15, 0.2) is 89.9 Å². The Bertz CT molecular complexity index is 2150. The molecule has 2 heterocycles. The van der Waals surface area contributed by atoms with Gasteiger partial charge in [-0.2, -0.15) is 0 Å². The van der Waals surface area contributed by atoms with Gasteiger partial charge >= 0.3 is 0 Å². The van der Waals surface area contributed by atoms with Crippen LogP contribution < -0.4 is 10.1 Å². The number of hydrogen-bond acceptors (Lipinski definition) is 6.